The first-order chi connectivity index (χ1) is 11.7. The Morgan fingerprint density at radius 1 is 1.08 bits per heavy atom. The second kappa shape index (κ2) is 8.02. The average molecular weight is 341 g/mol. The summed E-state index contributed by atoms with van der Waals surface area (Å²) in [7, 11) is 0. The highest BCUT2D eigenvalue weighted by Crippen LogP contribution is 2.24. The quantitative estimate of drug-likeness (QED) is 0.865. The molecule has 2 fully saturated rings. The summed E-state index contributed by atoms with van der Waals surface area (Å²) in [4.78, 5) is 14.8. The van der Waals surface area contributed by atoms with E-state index in [4.69, 9.17) is 0 Å². The second-order valence-electron chi connectivity index (χ2n) is 6.55. The first-order valence-corrected chi connectivity index (χ1v) is 8.59. The van der Waals surface area contributed by atoms with Gasteiger partial charge >= 0.3 is 0 Å². The van der Waals surface area contributed by atoms with E-state index in [1.807, 2.05) is 6.07 Å². The molecule has 0 amide bonds. The van der Waals surface area contributed by atoms with E-state index in [1.165, 1.54) is 0 Å². The molecular weight excluding hydrogens is 316 g/mol. The van der Waals surface area contributed by atoms with E-state index in [1.54, 1.807) is 11.2 Å². The topological polar surface area (TPSA) is 55.7 Å². The molecule has 8 heteroatoms. The molecule has 1 aromatic heterocycles. The van der Waals surface area contributed by atoms with Gasteiger partial charge < -0.3 is 14.9 Å². The van der Waals surface area contributed by atoms with Gasteiger partial charge in [-0.15, -0.1) is 0 Å². The minimum Gasteiger partial charge on any atom is -0.396 e. The van der Waals surface area contributed by atoms with Gasteiger partial charge in [-0.25, -0.2) is 18.7 Å². The molecule has 0 unspecified atom stereocenters. The smallest absolute Gasteiger partial charge is 0.251 e. The number of aliphatic hydroxyl groups is 1. The van der Waals surface area contributed by atoms with Gasteiger partial charge in [0.1, 0.15) is 18.0 Å². The summed E-state index contributed by atoms with van der Waals surface area (Å²) in [6.07, 6.45) is 1.40. The number of nitrogens with zero attached hydrogens (tertiary/aromatic N) is 5. The van der Waals surface area contributed by atoms with Gasteiger partial charge in [-0.1, -0.05) is 0 Å². The van der Waals surface area contributed by atoms with Crippen molar-refractivity contribution >= 4 is 11.6 Å². The fourth-order valence-electron chi connectivity index (χ4n) is 3.46. The van der Waals surface area contributed by atoms with Crippen LogP contribution in [-0.4, -0.2) is 78.8 Å². The summed E-state index contributed by atoms with van der Waals surface area (Å²) in [6, 6.07) is 1.97. The molecule has 1 N–H and O–H groups in total. The number of hydrogen-bond donors (Lipinski definition) is 1. The number of piperazine rings is 1. The van der Waals surface area contributed by atoms with Crippen molar-refractivity contribution < 1.29 is 13.9 Å². The zero-order chi connectivity index (χ0) is 16.9. The zero-order valence-electron chi connectivity index (χ0n) is 13.8. The molecular formula is C16H25F2N5O. The molecule has 3 heterocycles. The lowest BCUT2D eigenvalue weighted by Gasteiger charge is -2.36. The summed E-state index contributed by atoms with van der Waals surface area (Å²) in [6.45, 7) is 4.45. The van der Waals surface area contributed by atoms with E-state index >= 15 is 0 Å². The van der Waals surface area contributed by atoms with Crippen LogP contribution in [0, 0.1) is 5.92 Å². The Hall–Kier alpha value is -1.54. The van der Waals surface area contributed by atoms with Crippen molar-refractivity contribution in [2.75, 3.05) is 62.2 Å². The van der Waals surface area contributed by atoms with Crippen LogP contribution in [0.2, 0.25) is 0 Å². The fraction of sp³-hybridized carbons (Fsp3) is 0.750. The van der Waals surface area contributed by atoms with Gasteiger partial charge in [0.2, 0.25) is 0 Å². The molecule has 1 aromatic rings. The van der Waals surface area contributed by atoms with E-state index in [0.29, 0.717) is 32.1 Å². The summed E-state index contributed by atoms with van der Waals surface area (Å²) in [5, 5.41) is 9.38. The Morgan fingerprint density at radius 2 is 1.79 bits per heavy atom. The van der Waals surface area contributed by atoms with Crippen LogP contribution in [0.5, 0.6) is 0 Å². The maximum atomic E-state index is 12.5. The lowest BCUT2D eigenvalue weighted by atomic mass is 9.99. The Morgan fingerprint density at radius 3 is 2.46 bits per heavy atom. The van der Waals surface area contributed by atoms with Crippen LogP contribution >= 0.6 is 0 Å². The first kappa shape index (κ1) is 17.3. The van der Waals surface area contributed by atoms with Crippen LogP contribution in [0.3, 0.4) is 0 Å². The molecule has 24 heavy (non-hydrogen) atoms. The lowest BCUT2D eigenvalue weighted by molar-refractivity contribution is 0.0854. The highest BCUT2D eigenvalue weighted by atomic mass is 19.3. The number of piperidine rings is 1. The number of aliphatic hydroxyl groups excluding tert-OH is 1. The lowest BCUT2D eigenvalue weighted by Crippen LogP contribution is -2.48. The molecule has 2 aliphatic heterocycles. The second-order valence-corrected chi connectivity index (χ2v) is 6.55. The maximum absolute atomic E-state index is 12.5. The van der Waals surface area contributed by atoms with Crippen molar-refractivity contribution in [3.63, 3.8) is 0 Å². The molecule has 6 nitrogen and oxygen atoms in total. The van der Waals surface area contributed by atoms with E-state index in [9.17, 15) is 13.9 Å². The number of aromatic nitrogens is 2. The molecule has 3 rings (SSSR count). The van der Waals surface area contributed by atoms with Crippen LogP contribution in [0.4, 0.5) is 20.4 Å². The average Bonchev–Trinajstić information content (AvgIpc) is 2.62. The van der Waals surface area contributed by atoms with Crippen LogP contribution in [0.25, 0.3) is 0 Å². The minimum absolute atomic E-state index is 0.154. The maximum Gasteiger partial charge on any atom is 0.251 e. The number of anilines is 2. The van der Waals surface area contributed by atoms with E-state index in [-0.39, 0.29) is 13.2 Å². The van der Waals surface area contributed by atoms with Crippen molar-refractivity contribution in [1.82, 2.24) is 14.9 Å². The molecule has 0 spiro atoms. The van der Waals surface area contributed by atoms with Gasteiger partial charge in [-0.3, -0.25) is 4.90 Å². The molecule has 0 saturated carbocycles. The van der Waals surface area contributed by atoms with Gasteiger partial charge in [0.15, 0.2) is 0 Å². The standard InChI is InChI=1S/C16H25F2N5O/c17-14(18)10-21-4-6-22(7-5-21)15-8-16(20-12-19-15)23-3-1-2-13(9-23)11-24/h8,12-14,24H,1-7,9-11H2/t13-/m1/s1. The minimum atomic E-state index is -2.28. The molecule has 2 saturated heterocycles. The van der Waals surface area contributed by atoms with E-state index in [0.717, 1.165) is 37.6 Å². The van der Waals surface area contributed by atoms with E-state index < -0.39 is 6.43 Å². The monoisotopic (exact) mass is 341 g/mol. The van der Waals surface area contributed by atoms with Crippen molar-refractivity contribution in [1.29, 1.82) is 0 Å². The Balaban J connectivity index is 1.61. The fourth-order valence-corrected chi connectivity index (χ4v) is 3.46. The van der Waals surface area contributed by atoms with Gasteiger partial charge in [0, 0.05) is 51.9 Å². The van der Waals surface area contributed by atoms with Gasteiger partial charge in [0.05, 0.1) is 6.54 Å². The number of hydrogen-bond acceptors (Lipinski definition) is 6. The zero-order valence-corrected chi connectivity index (χ0v) is 13.8. The molecule has 0 radical (unpaired) electrons. The largest absolute Gasteiger partial charge is 0.396 e. The van der Waals surface area contributed by atoms with Gasteiger partial charge in [-0.2, -0.15) is 0 Å². The summed E-state index contributed by atoms with van der Waals surface area (Å²) >= 11 is 0. The third kappa shape index (κ3) is 4.30. The SMILES string of the molecule is OC[C@@H]1CCCN(c2cc(N3CCN(CC(F)F)CC3)ncn2)C1. The highest BCUT2D eigenvalue weighted by Gasteiger charge is 2.23. The molecule has 2 aliphatic rings. The van der Waals surface area contributed by atoms with E-state index in [2.05, 4.69) is 19.8 Å². The first-order valence-electron chi connectivity index (χ1n) is 8.59. The summed E-state index contributed by atoms with van der Waals surface area (Å²) < 4.78 is 24.9. The number of halogens is 2. The third-order valence-corrected chi connectivity index (χ3v) is 4.83. The van der Waals surface area contributed by atoms with Crippen molar-refractivity contribution in [2.24, 2.45) is 5.92 Å². The van der Waals surface area contributed by atoms with Crippen LogP contribution in [0.1, 0.15) is 12.8 Å². The van der Waals surface area contributed by atoms with Crippen LogP contribution in [-0.2, 0) is 0 Å². The Bertz CT molecular complexity index is 525. The normalized spacial score (nSPS) is 23.1. The summed E-state index contributed by atoms with van der Waals surface area (Å²) in [5.41, 5.74) is 0. The van der Waals surface area contributed by atoms with Gasteiger partial charge in [-0.05, 0) is 18.8 Å². The highest BCUT2D eigenvalue weighted by molar-refractivity contribution is 5.50. The molecule has 0 aliphatic carbocycles. The Kier molecular flexibility index (Phi) is 5.78. The van der Waals surface area contributed by atoms with Crippen molar-refractivity contribution in [3.05, 3.63) is 12.4 Å². The van der Waals surface area contributed by atoms with Crippen LogP contribution in [0.15, 0.2) is 12.4 Å². The Labute approximate surface area is 141 Å². The predicted octanol–water partition coefficient (Wildman–Crippen LogP) is 1.07. The van der Waals surface area contributed by atoms with Gasteiger partial charge in [0.25, 0.3) is 6.43 Å². The molecule has 1 atom stereocenters. The molecule has 134 valence electrons. The van der Waals surface area contributed by atoms with Crippen LogP contribution < -0.4 is 9.80 Å². The van der Waals surface area contributed by atoms with Crippen molar-refractivity contribution in [3.8, 4) is 0 Å². The number of alkyl halides is 2. The molecule has 0 bridgehead atoms. The predicted molar refractivity (Wildman–Crippen MR) is 88.7 cm³/mol. The van der Waals surface area contributed by atoms with Crippen molar-refractivity contribution in [2.45, 2.75) is 19.3 Å². The third-order valence-electron chi connectivity index (χ3n) is 4.83. The summed E-state index contributed by atoms with van der Waals surface area (Å²) in [5.74, 6) is 2.03. The number of rotatable bonds is 5. The molecule has 0 aromatic carbocycles.